The van der Waals surface area contributed by atoms with E-state index >= 15 is 0 Å². The zero-order valence-corrected chi connectivity index (χ0v) is 17.6. The van der Waals surface area contributed by atoms with E-state index in [0.717, 1.165) is 41.5 Å². The number of ether oxygens (including phenoxy) is 1. The third-order valence-corrected chi connectivity index (χ3v) is 5.56. The van der Waals surface area contributed by atoms with Gasteiger partial charge in [-0.25, -0.2) is 9.37 Å². The number of benzene rings is 1. The van der Waals surface area contributed by atoms with E-state index in [1.165, 1.54) is 19.3 Å². The Bertz CT molecular complexity index is 1180. The fourth-order valence-corrected chi connectivity index (χ4v) is 3.91. The molecule has 1 aromatic carbocycles. The first-order valence-electron chi connectivity index (χ1n) is 10.4. The second-order valence-corrected chi connectivity index (χ2v) is 7.74. The molecule has 1 aliphatic heterocycles. The summed E-state index contributed by atoms with van der Waals surface area (Å²) in [5.41, 5.74) is 2.45. The third-order valence-electron chi connectivity index (χ3n) is 5.56. The van der Waals surface area contributed by atoms with E-state index in [0.29, 0.717) is 18.7 Å². The van der Waals surface area contributed by atoms with Gasteiger partial charge in [-0.3, -0.25) is 14.5 Å². The number of fused-ring (bicyclic) bond motifs is 1. The van der Waals surface area contributed by atoms with Crippen LogP contribution in [0.2, 0.25) is 0 Å². The number of hydrogen-bond donors (Lipinski definition) is 2. The molecule has 31 heavy (non-hydrogen) atoms. The maximum atomic E-state index is 14.1. The molecule has 1 fully saturated rings. The van der Waals surface area contributed by atoms with E-state index in [1.54, 1.807) is 0 Å². The van der Waals surface area contributed by atoms with Gasteiger partial charge in [0.05, 0.1) is 6.20 Å². The summed E-state index contributed by atoms with van der Waals surface area (Å²) in [5, 5.41) is 3.38. The maximum Gasteiger partial charge on any atom is 0.272 e. The highest BCUT2D eigenvalue weighted by atomic mass is 19.1. The van der Waals surface area contributed by atoms with Crippen molar-refractivity contribution in [3.63, 3.8) is 0 Å². The molecule has 1 saturated heterocycles. The molecule has 0 unspecified atom stereocenters. The topological polar surface area (TPSA) is 87.3 Å². The third kappa shape index (κ3) is 4.59. The van der Waals surface area contributed by atoms with Gasteiger partial charge in [0.2, 0.25) is 0 Å². The summed E-state index contributed by atoms with van der Waals surface area (Å²) in [6.07, 6.45) is 2.80. The van der Waals surface area contributed by atoms with Crippen LogP contribution < -0.4 is 15.6 Å². The molecule has 1 atom stereocenters. The van der Waals surface area contributed by atoms with E-state index in [9.17, 15) is 14.0 Å². The molecule has 0 bridgehead atoms. The minimum Gasteiger partial charge on any atom is -0.487 e. The smallest absolute Gasteiger partial charge is 0.272 e. The summed E-state index contributed by atoms with van der Waals surface area (Å²) in [7, 11) is 1.43. The highest BCUT2D eigenvalue weighted by Crippen LogP contribution is 2.22. The summed E-state index contributed by atoms with van der Waals surface area (Å²) in [4.78, 5) is 32.8. The van der Waals surface area contributed by atoms with E-state index < -0.39 is 11.7 Å². The lowest BCUT2D eigenvalue weighted by atomic mass is 10.1. The molecule has 7 nitrogen and oxygen atoms in total. The van der Waals surface area contributed by atoms with Crippen LogP contribution in [0, 0.1) is 5.82 Å². The van der Waals surface area contributed by atoms with Crippen LogP contribution in [0.4, 0.5) is 4.39 Å². The average Bonchev–Trinajstić information content (AvgIpc) is 3.19. The van der Waals surface area contributed by atoms with Crippen molar-refractivity contribution < 1.29 is 13.9 Å². The van der Waals surface area contributed by atoms with Crippen molar-refractivity contribution in [3.8, 4) is 5.75 Å². The van der Waals surface area contributed by atoms with Crippen molar-refractivity contribution in [2.24, 2.45) is 0 Å². The minimum atomic E-state index is -0.705. The van der Waals surface area contributed by atoms with Crippen LogP contribution in [0.1, 0.15) is 35.0 Å². The Balaban J connectivity index is 1.39. The predicted octanol–water partition coefficient (Wildman–Crippen LogP) is 2.64. The normalized spacial score (nSPS) is 16.5. The summed E-state index contributed by atoms with van der Waals surface area (Å²) in [5.74, 6) is -0.964. The molecule has 162 valence electrons. The van der Waals surface area contributed by atoms with Crippen molar-refractivity contribution >= 4 is 16.8 Å². The van der Waals surface area contributed by atoms with E-state index in [1.807, 2.05) is 25.1 Å². The Morgan fingerprint density at radius 3 is 2.94 bits per heavy atom. The number of aryl methyl sites for hydroxylation is 1. The number of H-pyrrole nitrogens is 1. The van der Waals surface area contributed by atoms with E-state index in [-0.39, 0.29) is 17.4 Å². The van der Waals surface area contributed by atoms with Gasteiger partial charge in [0.25, 0.3) is 11.5 Å². The largest absolute Gasteiger partial charge is 0.487 e. The summed E-state index contributed by atoms with van der Waals surface area (Å²) < 4.78 is 20.0. The monoisotopic (exact) mass is 424 g/mol. The van der Waals surface area contributed by atoms with Gasteiger partial charge in [-0.1, -0.05) is 19.1 Å². The molecule has 4 rings (SSSR count). The number of rotatable bonds is 6. The van der Waals surface area contributed by atoms with Crippen LogP contribution in [0.25, 0.3) is 10.9 Å². The second kappa shape index (κ2) is 8.85. The first-order valence-corrected chi connectivity index (χ1v) is 10.4. The van der Waals surface area contributed by atoms with Crippen LogP contribution in [0.5, 0.6) is 5.75 Å². The van der Waals surface area contributed by atoms with Gasteiger partial charge < -0.3 is 15.0 Å². The number of aromatic nitrogens is 2. The molecule has 0 radical (unpaired) electrons. The highest BCUT2D eigenvalue weighted by Gasteiger charge is 2.25. The SMILES string of the molecule is CCc1cc2ccc(CN3CC[C@@H](Oc4cnc(C(=O)NC)c(F)c4)C3)cc2[nH]c1=O. The van der Waals surface area contributed by atoms with Crippen molar-refractivity contribution in [1.29, 1.82) is 0 Å². The molecular formula is C23H25FN4O3. The number of amides is 1. The van der Waals surface area contributed by atoms with Gasteiger partial charge in [-0.05, 0) is 35.9 Å². The first-order chi connectivity index (χ1) is 15.0. The lowest BCUT2D eigenvalue weighted by Crippen LogP contribution is -2.25. The maximum absolute atomic E-state index is 14.1. The zero-order valence-electron chi connectivity index (χ0n) is 17.6. The molecule has 2 aromatic heterocycles. The highest BCUT2D eigenvalue weighted by molar-refractivity contribution is 5.92. The second-order valence-electron chi connectivity index (χ2n) is 7.74. The standard InChI is InChI=1S/C23H25FN4O3/c1-3-15-9-16-5-4-14(8-20(16)27-22(15)29)12-28-7-6-17(13-28)31-18-10-19(24)21(26-11-18)23(30)25-2/h4-5,8-11,17H,3,6-7,12-13H2,1-2H3,(H,25,30)(H,27,29)/t17-/m1/s1. The Labute approximate surface area is 179 Å². The lowest BCUT2D eigenvalue weighted by Gasteiger charge is -2.17. The number of halogens is 1. The van der Waals surface area contributed by atoms with Crippen LogP contribution in [0.3, 0.4) is 0 Å². The van der Waals surface area contributed by atoms with Crippen molar-refractivity contribution in [1.82, 2.24) is 20.2 Å². The molecule has 0 spiro atoms. The van der Waals surface area contributed by atoms with Gasteiger partial charge >= 0.3 is 0 Å². The average molecular weight is 424 g/mol. The Morgan fingerprint density at radius 2 is 2.19 bits per heavy atom. The van der Waals surface area contributed by atoms with E-state index in [4.69, 9.17) is 4.74 Å². The number of nitrogens with one attached hydrogen (secondary N) is 2. The summed E-state index contributed by atoms with van der Waals surface area (Å²) in [6.45, 7) is 4.25. The van der Waals surface area contributed by atoms with Crippen molar-refractivity contribution in [2.75, 3.05) is 20.1 Å². The molecule has 1 aliphatic rings. The molecular weight excluding hydrogens is 399 g/mol. The number of likely N-dealkylation sites (tertiary alicyclic amines) is 1. The van der Waals surface area contributed by atoms with Crippen molar-refractivity contribution in [3.05, 3.63) is 69.5 Å². The number of carbonyl (C=O) groups excluding carboxylic acids is 1. The Morgan fingerprint density at radius 1 is 1.35 bits per heavy atom. The molecule has 0 aliphatic carbocycles. The quantitative estimate of drug-likeness (QED) is 0.635. The van der Waals surface area contributed by atoms with Crippen LogP contribution in [-0.2, 0) is 13.0 Å². The first kappa shape index (κ1) is 21.0. The van der Waals surface area contributed by atoms with Gasteiger partial charge in [0.1, 0.15) is 11.9 Å². The van der Waals surface area contributed by atoms with Crippen molar-refractivity contribution in [2.45, 2.75) is 32.4 Å². The fourth-order valence-electron chi connectivity index (χ4n) is 3.91. The summed E-state index contributed by atoms with van der Waals surface area (Å²) in [6, 6.07) is 9.27. The zero-order chi connectivity index (χ0) is 22.0. The molecule has 8 heteroatoms. The fraction of sp³-hybridized carbons (Fsp3) is 0.348. The number of hydrogen-bond acceptors (Lipinski definition) is 5. The van der Waals surface area contributed by atoms with Gasteiger partial charge in [0.15, 0.2) is 11.5 Å². The van der Waals surface area contributed by atoms with Crippen LogP contribution in [-0.4, -0.2) is 47.0 Å². The van der Waals surface area contributed by atoms with Gasteiger partial charge in [-0.15, -0.1) is 0 Å². The molecule has 1 amide bonds. The summed E-state index contributed by atoms with van der Waals surface area (Å²) >= 11 is 0. The Kier molecular flexibility index (Phi) is 5.99. The minimum absolute atomic E-state index is 0.0370. The number of aromatic amines is 1. The van der Waals surface area contributed by atoms with Crippen LogP contribution in [0.15, 0.2) is 41.3 Å². The molecule has 2 N–H and O–H groups in total. The van der Waals surface area contributed by atoms with Gasteiger partial charge in [0, 0.05) is 43.8 Å². The number of carbonyl (C=O) groups is 1. The number of pyridine rings is 2. The Hall–Kier alpha value is -3.26. The van der Waals surface area contributed by atoms with Crippen LogP contribution >= 0.6 is 0 Å². The molecule has 3 heterocycles. The lowest BCUT2D eigenvalue weighted by molar-refractivity contribution is 0.0953. The number of nitrogens with zero attached hydrogens (tertiary/aromatic N) is 2. The molecule has 0 saturated carbocycles. The van der Waals surface area contributed by atoms with Gasteiger partial charge in [-0.2, -0.15) is 0 Å². The molecule has 3 aromatic rings. The van der Waals surface area contributed by atoms with E-state index in [2.05, 4.69) is 26.3 Å². The predicted molar refractivity (Wildman–Crippen MR) is 116 cm³/mol.